The van der Waals surface area contributed by atoms with Crippen LogP contribution in [0.1, 0.15) is 37.5 Å². The van der Waals surface area contributed by atoms with E-state index in [9.17, 15) is 5.11 Å². The molecule has 1 aromatic heterocycles. The van der Waals surface area contributed by atoms with Gasteiger partial charge in [0.25, 0.3) is 0 Å². The van der Waals surface area contributed by atoms with E-state index in [1.54, 1.807) is 13.2 Å². The second kappa shape index (κ2) is 4.33. The molecule has 4 heteroatoms. The van der Waals surface area contributed by atoms with Gasteiger partial charge in [0.2, 0.25) is 0 Å². The zero-order valence-corrected chi connectivity index (χ0v) is 9.31. The van der Waals surface area contributed by atoms with Crippen LogP contribution in [0.3, 0.4) is 0 Å². The van der Waals surface area contributed by atoms with Gasteiger partial charge in [0.15, 0.2) is 5.89 Å². The third kappa shape index (κ3) is 2.38. The summed E-state index contributed by atoms with van der Waals surface area (Å²) < 4.78 is 5.34. The van der Waals surface area contributed by atoms with Gasteiger partial charge >= 0.3 is 0 Å². The Hall–Kier alpha value is -0.870. The highest BCUT2D eigenvalue weighted by Crippen LogP contribution is 2.20. The Morgan fingerprint density at radius 3 is 3.07 bits per heavy atom. The van der Waals surface area contributed by atoms with E-state index >= 15 is 0 Å². The molecule has 2 heterocycles. The van der Waals surface area contributed by atoms with Crippen LogP contribution >= 0.6 is 0 Å². The molecule has 0 radical (unpaired) electrons. The molecule has 1 fully saturated rings. The van der Waals surface area contributed by atoms with Crippen LogP contribution in [0.15, 0.2) is 10.7 Å². The van der Waals surface area contributed by atoms with Gasteiger partial charge in [0.1, 0.15) is 12.0 Å². The number of hydrogen-bond donors (Lipinski definition) is 1. The van der Waals surface area contributed by atoms with E-state index in [0.717, 1.165) is 18.9 Å². The van der Waals surface area contributed by atoms with Crippen molar-refractivity contribution < 1.29 is 9.52 Å². The molecule has 4 nitrogen and oxygen atoms in total. The first-order valence-electron chi connectivity index (χ1n) is 5.49. The third-order valence-corrected chi connectivity index (χ3v) is 3.08. The van der Waals surface area contributed by atoms with Crippen LogP contribution in [0, 0.1) is 0 Å². The summed E-state index contributed by atoms with van der Waals surface area (Å²) in [5, 5.41) is 9.32. The molecule has 0 aliphatic carbocycles. The number of oxazole rings is 1. The maximum atomic E-state index is 9.32. The Balaban J connectivity index is 1.98. The van der Waals surface area contributed by atoms with Gasteiger partial charge in [-0.3, -0.25) is 0 Å². The first-order chi connectivity index (χ1) is 7.16. The van der Waals surface area contributed by atoms with Gasteiger partial charge < -0.3 is 14.4 Å². The lowest BCUT2D eigenvalue weighted by Gasteiger charge is -2.17. The van der Waals surface area contributed by atoms with Crippen molar-refractivity contribution in [3.63, 3.8) is 0 Å². The molecule has 1 saturated heterocycles. The highest BCUT2D eigenvalue weighted by molar-refractivity contribution is 5.01. The molecule has 2 atom stereocenters. The normalized spacial score (nSPS) is 24.6. The van der Waals surface area contributed by atoms with Crippen LogP contribution in [-0.2, 0) is 6.42 Å². The fraction of sp³-hybridized carbons (Fsp3) is 0.727. The zero-order chi connectivity index (χ0) is 10.8. The zero-order valence-electron chi connectivity index (χ0n) is 9.31. The van der Waals surface area contributed by atoms with Crippen molar-refractivity contribution in [3.8, 4) is 0 Å². The summed E-state index contributed by atoms with van der Waals surface area (Å²) in [6.45, 7) is 2.86. The van der Waals surface area contributed by atoms with E-state index < -0.39 is 6.10 Å². The van der Waals surface area contributed by atoms with Crippen LogP contribution in [0.25, 0.3) is 0 Å². The second-order valence-electron chi connectivity index (χ2n) is 4.32. The van der Waals surface area contributed by atoms with Crippen LogP contribution in [0.2, 0.25) is 0 Å². The van der Waals surface area contributed by atoms with E-state index in [0.29, 0.717) is 11.7 Å². The number of likely N-dealkylation sites (N-methyl/N-ethyl adjacent to an activating group) is 1. The third-order valence-electron chi connectivity index (χ3n) is 3.08. The molecule has 1 aromatic rings. The maximum Gasteiger partial charge on any atom is 0.195 e. The number of aliphatic hydroxyl groups excluding tert-OH is 1. The molecule has 0 spiro atoms. The molecule has 0 amide bonds. The number of aromatic nitrogens is 1. The van der Waals surface area contributed by atoms with Crippen LogP contribution in [0.5, 0.6) is 0 Å². The summed E-state index contributed by atoms with van der Waals surface area (Å²) in [7, 11) is 2.14. The van der Waals surface area contributed by atoms with Crippen LogP contribution < -0.4 is 0 Å². The molecule has 84 valence electrons. The predicted octanol–water partition coefficient (Wildman–Crippen LogP) is 1.36. The Bertz CT molecular complexity index is 322. The Kier molecular flexibility index (Phi) is 3.07. The number of likely N-dealkylation sites (tertiary alicyclic amines) is 1. The van der Waals surface area contributed by atoms with Gasteiger partial charge in [0.05, 0.1) is 6.10 Å². The van der Waals surface area contributed by atoms with Crippen molar-refractivity contribution >= 4 is 0 Å². The first-order valence-corrected chi connectivity index (χ1v) is 5.49. The maximum absolute atomic E-state index is 9.32. The number of nitrogens with zero attached hydrogens (tertiary/aromatic N) is 2. The van der Waals surface area contributed by atoms with Gasteiger partial charge in [0, 0.05) is 12.5 Å². The van der Waals surface area contributed by atoms with Gasteiger partial charge in [-0.25, -0.2) is 4.98 Å². The predicted molar refractivity (Wildman–Crippen MR) is 56.5 cm³/mol. The average molecular weight is 210 g/mol. The molecule has 1 aliphatic rings. The summed E-state index contributed by atoms with van der Waals surface area (Å²) in [5.74, 6) is 0.740. The van der Waals surface area contributed by atoms with E-state index in [4.69, 9.17) is 4.42 Å². The van der Waals surface area contributed by atoms with Crippen LogP contribution in [-0.4, -0.2) is 34.6 Å². The summed E-state index contributed by atoms with van der Waals surface area (Å²) >= 11 is 0. The minimum Gasteiger partial charge on any atom is -0.449 e. The lowest BCUT2D eigenvalue weighted by Crippen LogP contribution is -2.26. The molecule has 0 bridgehead atoms. The smallest absolute Gasteiger partial charge is 0.195 e. The highest BCUT2D eigenvalue weighted by atomic mass is 16.3. The van der Waals surface area contributed by atoms with E-state index in [-0.39, 0.29) is 0 Å². The lowest BCUT2D eigenvalue weighted by molar-refractivity contribution is 0.194. The fourth-order valence-corrected chi connectivity index (χ4v) is 2.05. The molecule has 0 aromatic carbocycles. The van der Waals surface area contributed by atoms with Crippen molar-refractivity contribution in [2.24, 2.45) is 0 Å². The van der Waals surface area contributed by atoms with Crippen LogP contribution in [0.4, 0.5) is 0 Å². The topological polar surface area (TPSA) is 49.5 Å². The average Bonchev–Trinajstić information content (AvgIpc) is 2.77. The summed E-state index contributed by atoms with van der Waals surface area (Å²) in [4.78, 5) is 6.60. The first kappa shape index (κ1) is 10.6. The molecule has 2 unspecified atom stereocenters. The number of rotatable bonds is 3. The van der Waals surface area contributed by atoms with E-state index in [2.05, 4.69) is 16.9 Å². The van der Waals surface area contributed by atoms with Crippen molar-refractivity contribution in [1.29, 1.82) is 0 Å². The molecule has 0 saturated carbocycles. The second-order valence-corrected chi connectivity index (χ2v) is 4.32. The van der Waals surface area contributed by atoms with Crippen molar-refractivity contribution in [3.05, 3.63) is 17.8 Å². The van der Waals surface area contributed by atoms with Crippen molar-refractivity contribution in [2.75, 3.05) is 13.6 Å². The number of hydrogen-bond acceptors (Lipinski definition) is 4. The molecule has 15 heavy (non-hydrogen) atoms. The summed E-state index contributed by atoms with van der Waals surface area (Å²) in [6, 6.07) is 0.547. The minimum absolute atomic E-state index is 0.538. The molecular formula is C11H18N2O2. The molecular weight excluding hydrogens is 192 g/mol. The SMILES string of the molecule is CC(O)c1coc(CC2CCCN2C)n1. The summed E-state index contributed by atoms with van der Waals surface area (Å²) in [6.07, 6.45) is 4.33. The lowest BCUT2D eigenvalue weighted by atomic mass is 10.1. The molecule has 2 rings (SSSR count). The fourth-order valence-electron chi connectivity index (χ4n) is 2.05. The van der Waals surface area contributed by atoms with E-state index in [1.165, 1.54) is 12.8 Å². The molecule has 1 N–H and O–H groups in total. The molecule has 1 aliphatic heterocycles. The van der Waals surface area contributed by atoms with Crippen molar-refractivity contribution in [1.82, 2.24) is 9.88 Å². The van der Waals surface area contributed by atoms with Gasteiger partial charge in [-0.1, -0.05) is 0 Å². The van der Waals surface area contributed by atoms with E-state index in [1.807, 2.05) is 0 Å². The van der Waals surface area contributed by atoms with Gasteiger partial charge in [-0.15, -0.1) is 0 Å². The van der Waals surface area contributed by atoms with Gasteiger partial charge in [-0.05, 0) is 33.4 Å². The monoisotopic (exact) mass is 210 g/mol. The highest BCUT2D eigenvalue weighted by Gasteiger charge is 2.23. The Morgan fingerprint density at radius 2 is 2.53 bits per heavy atom. The van der Waals surface area contributed by atoms with Gasteiger partial charge in [-0.2, -0.15) is 0 Å². The Morgan fingerprint density at radius 1 is 1.73 bits per heavy atom. The Labute approximate surface area is 89.9 Å². The minimum atomic E-state index is -0.538. The van der Waals surface area contributed by atoms with Crippen molar-refractivity contribution in [2.45, 2.75) is 38.3 Å². The quantitative estimate of drug-likeness (QED) is 0.818. The number of aliphatic hydroxyl groups is 1. The largest absolute Gasteiger partial charge is 0.449 e. The standard InChI is InChI=1S/C11H18N2O2/c1-8(14)10-7-15-11(12-10)6-9-4-3-5-13(9)2/h7-9,14H,3-6H2,1-2H3. The summed E-state index contributed by atoms with van der Waals surface area (Å²) in [5.41, 5.74) is 0.630.